The van der Waals surface area contributed by atoms with Gasteiger partial charge in [0.1, 0.15) is 24.6 Å². The van der Waals surface area contributed by atoms with Crippen molar-refractivity contribution >= 4 is 42.3 Å². The third-order valence-electron chi connectivity index (χ3n) is 6.75. The van der Waals surface area contributed by atoms with Crippen molar-refractivity contribution in [1.29, 1.82) is 0 Å². The lowest BCUT2D eigenvalue weighted by Crippen LogP contribution is -2.37. The summed E-state index contributed by atoms with van der Waals surface area (Å²) < 4.78 is 2.00. The molecule has 2 amide bonds. The van der Waals surface area contributed by atoms with Gasteiger partial charge >= 0.3 is 0 Å². The van der Waals surface area contributed by atoms with Crippen LogP contribution in [0.15, 0.2) is 59.7 Å². The second-order valence-electron chi connectivity index (χ2n) is 10.6. The summed E-state index contributed by atoms with van der Waals surface area (Å²) in [5.41, 5.74) is 19.7. The van der Waals surface area contributed by atoms with Crippen LogP contribution in [0, 0.1) is 0 Å². The molecule has 302 valence electrons. The molecule has 2 heterocycles. The molecule has 0 aliphatic rings. The van der Waals surface area contributed by atoms with Gasteiger partial charge in [0.2, 0.25) is 5.91 Å². The molecule has 15 heteroatoms. The summed E-state index contributed by atoms with van der Waals surface area (Å²) in [6, 6.07) is 14.4. The molecular formula is C39H65N9O6. The minimum atomic E-state index is -0.671. The number of aliphatic hydroxyl groups is 1. The number of aromatic nitrogens is 2. The number of carbonyl (C=O) groups is 5. The molecule has 0 aliphatic heterocycles. The van der Waals surface area contributed by atoms with Gasteiger partial charge in [-0.05, 0) is 57.9 Å². The van der Waals surface area contributed by atoms with Crippen LogP contribution < -0.4 is 33.2 Å². The number of nitrogens with two attached hydrogens (primary N) is 3. The van der Waals surface area contributed by atoms with E-state index < -0.39 is 12.1 Å². The van der Waals surface area contributed by atoms with Gasteiger partial charge in [0.05, 0.1) is 34.7 Å². The van der Waals surface area contributed by atoms with Gasteiger partial charge in [-0.25, -0.2) is 0 Å². The molecule has 3 rings (SSSR count). The molecule has 2 unspecified atom stereocenters. The standard InChI is InChI=1S/C26H33N7O2.C7H11NO3.2C2H6.CH5N.CH4O/c1-17(2)33-23(18-10-5-4-6-11-18)21(20-13-7-8-14-30-20)22(29-3)24(33)25(35)32-19(16-34)12-9-15-31-26(27)28;1-6(11)8-7(5-10)3-2-4-9;4*1-2/h4-8,10-11,13-14,16-17,19,29H,9,12,15H2,1-3H3,(H,32,35)(H4,27,28,31);4-5,7H,2-3H2,1H3,(H,8,11);2*1-2H3;2H2,1H3;2H,1H3. The molecule has 2 atom stereocenters. The van der Waals surface area contributed by atoms with Crippen LogP contribution in [-0.2, 0) is 19.2 Å². The second kappa shape index (κ2) is 33.4. The van der Waals surface area contributed by atoms with E-state index in [-0.39, 0.29) is 23.8 Å². The molecule has 3 aromatic rings. The third kappa shape index (κ3) is 18.9. The predicted molar refractivity (Wildman–Crippen MR) is 220 cm³/mol. The maximum atomic E-state index is 13.7. The summed E-state index contributed by atoms with van der Waals surface area (Å²) in [4.78, 5) is 64.5. The fourth-order valence-corrected chi connectivity index (χ4v) is 4.82. The van der Waals surface area contributed by atoms with Crippen LogP contribution in [0.5, 0.6) is 0 Å². The molecule has 10 N–H and O–H groups in total. The van der Waals surface area contributed by atoms with Crippen molar-refractivity contribution in [2.45, 2.75) is 92.3 Å². The van der Waals surface area contributed by atoms with Gasteiger partial charge in [0.25, 0.3) is 5.91 Å². The van der Waals surface area contributed by atoms with E-state index >= 15 is 0 Å². The Balaban J connectivity index is -0.00000115. The van der Waals surface area contributed by atoms with Gasteiger partial charge < -0.3 is 57.2 Å². The minimum absolute atomic E-state index is 0.000559. The summed E-state index contributed by atoms with van der Waals surface area (Å²) in [7, 11) is 4.28. The zero-order chi connectivity index (χ0) is 42.1. The van der Waals surface area contributed by atoms with Crippen molar-refractivity contribution in [2.24, 2.45) is 22.2 Å². The number of rotatable bonds is 16. The molecule has 15 nitrogen and oxygen atoms in total. The number of hydrogen-bond donors (Lipinski definition) is 7. The molecule has 1 aromatic carbocycles. The quantitative estimate of drug-likeness (QED) is 0.0475. The van der Waals surface area contributed by atoms with Crippen LogP contribution in [0.25, 0.3) is 22.5 Å². The number of aldehydes is 3. The molecule has 54 heavy (non-hydrogen) atoms. The van der Waals surface area contributed by atoms with Crippen molar-refractivity contribution in [3.63, 3.8) is 0 Å². The normalized spacial score (nSPS) is 10.4. The number of carbonyl (C=O) groups excluding carboxylic acids is 5. The van der Waals surface area contributed by atoms with Gasteiger partial charge in [-0.3, -0.25) is 19.6 Å². The van der Waals surface area contributed by atoms with Gasteiger partial charge in [-0.2, -0.15) is 0 Å². The first-order valence-corrected chi connectivity index (χ1v) is 18.0. The Morgan fingerprint density at radius 3 is 1.89 bits per heavy atom. The average Bonchev–Trinajstić information content (AvgIpc) is 3.57. The largest absolute Gasteiger partial charge is 0.400 e. The van der Waals surface area contributed by atoms with Crippen molar-refractivity contribution in [2.75, 3.05) is 33.1 Å². The molecule has 0 radical (unpaired) electrons. The fourth-order valence-electron chi connectivity index (χ4n) is 4.82. The topological polar surface area (TPSA) is 250 Å². The fraction of sp³-hybridized carbons (Fsp3) is 0.462. The number of hydrogen-bond acceptors (Lipinski definition) is 10. The van der Waals surface area contributed by atoms with E-state index in [9.17, 15) is 24.0 Å². The zero-order valence-corrected chi connectivity index (χ0v) is 33.8. The molecule has 2 aromatic heterocycles. The number of nitrogens with one attached hydrogen (secondary N) is 3. The summed E-state index contributed by atoms with van der Waals surface area (Å²) >= 11 is 0. The van der Waals surface area contributed by atoms with E-state index in [0.717, 1.165) is 42.2 Å². The second-order valence-corrected chi connectivity index (χ2v) is 10.6. The Morgan fingerprint density at radius 2 is 1.44 bits per heavy atom. The Labute approximate surface area is 321 Å². The first-order valence-electron chi connectivity index (χ1n) is 18.0. The SMILES string of the molecule is CC.CC.CC(=O)NC(C=O)CCC=O.CN.CNc1c(-c2ccccn2)c(-c2ccccc2)n(C(C)C)c1C(=O)NC(C=O)CCCN=C(N)N.CO. The number of nitrogens with zero attached hydrogens (tertiary/aromatic N) is 3. The number of amides is 2. The van der Waals surface area contributed by atoms with Gasteiger partial charge in [0, 0.05) is 46.3 Å². The molecule has 0 bridgehead atoms. The number of benzene rings is 1. The molecule has 0 aliphatic carbocycles. The minimum Gasteiger partial charge on any atom is -0.400 e. The number of aliphatic hydroxyl groups excluding tert-OH is 1. The van der Waals surface area contributed by atoms with E-state index in [1.807, 2.05) is 94.6 Å². The van der Waals surface area contributed by atoms with Crippen molar-refractivity contribution in [1.82, 2.24) is 20.2 Å². The van der Waals surface area contributed by atoms with Crippen LogP contribution >= 0.6 is 0 Å². The van der Waals surface area contributed by atoms with E-state index in [2.05, 4.69) is 31.7 Å². The van der Waals surface area contributed by atoms with Crippen molar-refractivity contribution < 1.29 is 29.1 Å². The molecular weight excluding hydrogens is 690 g/mol. The Morgan fingerprint density at radius 1 is 0.889 bits per heavy atom. The number of pyridine rings is 1. The maximum absolute atomic E-state index is 13.7. The van der Waals surface area contributed by atoms with Crippen LogP contribution in [0.4, 0.5) is 5.69 Å². The maximum Gasteiger partial charge on any atom is 0.270 e. The highest BCUT2D eigenvalue weighted by Gasteiger charge is 2.31. The van der Waals surface area contributed by atoms with E-state index in [0.29, 0.717) is 49.9 Å². The third-order valence-corrected chi connectivity index (χ3v) is 6.75. The van der Waals surface area contributed by atoms with Gasteiger partial charge in [-0.1, -0.05) is 64.1 Å². The van der Waals surface area contributed by atoms with E-state index in [4.69, 9.17) is 16.6 Å². The van der Waals surface area contributed by atoms with Crippen LogP contribution in [0.1, 0.15) is 90.7 Å². The molecule has 0 saturated carbocycles. The highest BCUT2D eigenvalue weighted by Crippen LogP contribution is 2.43. The number of anilines is 1. The summed E-state index contributed by atoms with van der Waals surface area (Å²) in [5.74, 6) is -0.602. The van der Waals surface area contributed by atoms with Gasteiger partial charge in [-0.15, -0.1) is 0 Å². The smallest absolute Gasteiger partial charge is 0.270 e. The number of aliphatic imine (C=N–C) groups is 1. The Bertz CT molecular complexity index is 1480. The molecule has 0 spiro atoms. The van der Waals surface area contributed by atoms with Gasteiger partial charge in [0.15, 0.2) is 5.96 Å². The van der Waals surface area contributed by atoms with Crippen LogP contribution in [0.3, 0.4) is 0 Å². The first-order chi connectivity index (χ1) is 26.1. The Kier molecular flexibility index (Phi) is 32.8. The summed E-state index contributed by atoms with van der Waals surface area (Å²) in [5, 5.41) is 15.5. The van der Waals surface area contributed by atoms with Crippen molar-refractivity contribution in [3.8, 4) is 22.5 Å². The zero-order valence-electron chi connectivity index (χ0n) is 33.8. The lowest BCUT2D eigenvalue weighted by Gasteiger charge is -2.19. The first kappa shape index (κ1) is 52.9. The predicted octanol–water partition coefficient (Wildman–Crippen LogP) is 4.10. The van der Waals surface area contributed by atoms with Crippen molar-refractivity contribution in [3.05, 3.63) is 60.4 Å². The lowest BCUT2D eigenvalue weighted by molar-refractivity contribution is -0.122. The van der Waals surface area contributed by atoms with E-state index in [1.54, 1.807) is 13.2 Å². The lowest BCUT2D eigenvalue weighted by atomic mass is 10.0. The van der Waals surface area contributed by atoms with Crippen LogP contribution in [-0.4, -0.2) is 91.1 Å². The summed E-state index contributed by atoms with van der Waals surface area (Å²) in [6.07, 6.45) is 5.48. The highest BCUT2D eigenvalue weighted by atomic mass is 16.2. The summed E-state index contributed by atoms with van der Waals surface area (Å²) in [6.45, 7) is 13.8. The van der Waals surface area contributed by atoms with Crippen LogP contribution in [0.2, 0.25) is 0 Å². The molecule has 0 fully saturated rings. The van der Waals surface area contributed by atoms with E-state index in [1.165, 1.54) is 14.0 Å². The monoisotopic (exact) mass is 756 g/mol. The number of guanidine groups is 1. The average molecular weight is 756 g/mol. The Hall–Kier alpha value is -5.41. The molecule has 0 saturated heterocycles. The highest BCUT2D eigenvalue weighted by molar-refractivity contribution is 6.07.